The highest BCUT2D eigenvalue weighted by Crippen LogP contribution is 2.25. The Balaban J connectivity index is 2.81. The molecule has 0 aromatic rings. The minimum Gasteiger partial charge on any atom is -0.0874 e. The molecule has 0 amide bonds. The maximum absolute atomic E-state index is 2.36. The molecule has 56 valence electrons. The Morgan fingerprint density at radius 3 is 2.80 bits per heavy atom. The standard InChI is InChI=1S/C10H16/c1-9-6-4-5-7-10(2,3)8-9/h5,7-8H,4,6H2,1-3H3. The first-order chi connectivity index (χ1) is 4.60. The Labute approximate surface area is 63.6 Å². The Hall–Kier alpha value is -0.520. The summed E-state index contributed by atoms with van der Waals surface area (Å²) in [7, 11) is 0. The summed E-state index contributed by atoms with van der Waals surface area (Å²) in [6.07, 6.45) is 9.39. The molecule has 1 aliphatic carbocycles. The molecular formula is C10H16. The molecule has 0 heteroatoms. The van der Waals surface area contributed by atoms with Gasteiger partial charge in [0.2, 0.25) is 0 Å². The fraction of sp³-hybridized carbons (Fsp3) is 0.600. The van der Waals surface area contributed by atoms with Crippen LogP contribution in [0.25, 0.3) is 0 Å². The molecule has 0 saturated carbocycles. The quantitative estimate of drug-likeness (QED) is 0.448. The maximum Gasteiger partial charge on any atom is 0.000697 e. The minimum atomic E-state index is 0.292. The summed E-state index contributed by atoms with van der Waals surface area (Å²) >= 11 is 0. The highest BCUT2D eigenvalue weighted by molar-refractivity contribution is 5.16. The molecular weight excluding hydrogens is 120 g/mol. The molecule has 0 saturated heterocycles. The third-order valence-electron chi connectivity index (χ3n) is 1.87. The van der Waals surface area contributed by atoms with Gasteiger partial charge in [-0.3, -0.25) is 0 Å². The summed E-state index contributed by atoms with van der Waals surface area (Å²) in [4.78, 5) is 0. The summed E-state index contributed by atoms with van der Waals surface area (Å²) in [6, 6.07) is 0. The average Bonchev–Trinajstić information content (AvgIpc) is 1.90. The number of hydrogen-bond donors (Lipinski definition) is 0. The first kappa shape index (κ1) is 7.59. The third kappa shape index (κ3) is 2.02. The number of hydrogen-bond acceptors (Lipinski definition) is 0. The number of allylic oxidation sites excluding steroid dienone is 4. The van der Waals surface area contributed by atoms with Gasteiger partial charge in [-0.15, -0.1) is 0 Å². The van der Waals surface area contributed by atoms with Crippen LogP contribution in [0.3, 0.4) is 0 Å². The van der Waals surface area contributed by atoms with Crippen LogP contribution in [0.4, 0.5) is 0 Å². The zero-order chi connectivity index (χ0) is 7.61. The van der Waals surface area contributed by atoms with Crippen LogP contribution in [0.5, 0.6) is 0 Å². The summed E-state index contributed by atoms with van der Waals surface area (Å²) in [5.41, 5.74) is 1.82. The third-order valence-corrected chi connectivity index (χ3v) is 1.87. The van der Waals surface area contributed by atoms with E-state index in [1.165, 1.54) is 18.4 Å². The topological polar surface area (TPSA) is 0 Å². The van der Waals surface area contributed by atoms with Crippen LogP contribution in [0.1, 0.15) is 33.6 Å². The largest absolute Gasteiger partial charge is 0.0874 e. The molecule has 1 aliphatic rings. The Kier molecular flexibility index (Phi) is 1.98. The van der Waals surface area contributed by atoms with Crippen molar-refractivity contribution in [2.75, 3.05) is 0 Å². The van der Waals surface area contributed by atoms with Crippen molar-refractivity contribution in [2.45, 2.75) is 33.6 Å². The molecule has 0 aromatic carbocycles. The summed E-state index contributed by atoms with van der Waals surface area (Å²) in [5, 5.41) is 0. The number of rotatable bonds is 0. The van der Waals surface area contributed by atoms with E-state index in [9.17, 15) is 0 Å². The van der Waals surface area contributed by atoms with Gasteiger partial charge in [0.1, 0.15) is 0 Å². The van der Waals surface area contributed by atoms with Crippen molar-refractivity contribution in [3.63, 3.8) is 0 Å². The molecule has 0 fully saturated rings. The van der Waals surface area contributed by atoms with Gasteiger partial charge in [-0.1, -0.05) is 37.6 Å². The fourth-order valence-electron chi connectivity index (χ4n) is 1.45. The summed E-state index contributed by atoms with van der Waals surface area (Å²) < 4.78 is 0. The second-order valence-corrected chi connectivity index (χ2v) is 3.75. The first-order valence-electron chi connectivity index (χ1n) is 3.96. The van der Waals surface area contributed by atoms with Crippen LogP contribution in [0.15, 0.2) is 23.8 Å². The van der Waals surface area contributed by atoms with Gasteiger partial charge >= 0.3 is 0 Å². The van der Waals surface area contributed by atoms with E-state index >= 15 is 0 Å². The van der Waals surface area contributed by atoms with E-state index < -0.39 is 0 Å². The van der Waals surface area contributed by atoms with Crippen molar-refractivity contribution < 1.29 is 0 Å². The zero-order valence-corrected chi connectivity index (χ0v) is 7.15. The minimum absolute atomic E-state index is 0.292. The normalized spacial score (nSPS) is 23.7. The lowest BCUT2D eigenvalue weighted by atomic mass is 9.92. The highest BCUT2D eigenvalue weighted by atomic mass is 14.2. The molecule has 0 aliphatic heterocycles. The lowest BCUT2D eigenvalue weighted by Gasteiger charge is -2.13. The van der Waals surface area contributed by atoms with E-state index in [1.54, 1.807) is 0 Å². The van der Waals surface area contributed by atoms with Crippen LogP contribution in [-0.2, 0) is 0 Å². The molecule has 0 aromatic heterocycles. The molecule has 0 N–H and O–H groups in total. The summed E-state index contributed by atoms with van der Waals surface area (Å²) in [5.74, 6) is 0. The van der Waals surface area contributed by atoms with E-state index in [2.05, 4.69) is 39.0 Å². The van der Waals surface area contributed by atoms with Crippen LogP contribution in [0.2, 0.25) is 0 Å². The Bertz CT molecular complexity index is 170. The Morgan fingerprint density at radius 2 is 2.10 bits per heavy atom. The smallest absolute Gasteiger partial charge is 0.000697 e. The van der Waals surface area contributed by atoms with Gasteiger partial charge in [-0.05, 0) is 19.8 Å². The van der Waals surface area contributed by atoms with Gasteiger partial charge in [-0.25, -0.2) is 0 Å². The van der Waals surface area contributed by atoms with E-state index in [0.29, 0.717) is 5.41 Å². The second-order valence-electron chi connectivity index (χ2n) is 3.75. The fourth-order valence-corrected chi connectivity index (χ4v) is 1.45. The molecule has 0 unspecified atom stereocenters. The van der Waals surface area contributed by atoms with Gasteiger partial charge in [0.25, 0.3) is 0 Å². The molecule has 1 rings (SSSR count). The van der Waals surface area contributed by atoms with Crippen molar-refractivity contribution in [3.05, 3.63) is 23.8 Å². The predicted octanol–water partition coefficient (Wildman–Crippen LogP) is 3.31. The van der Waals surface area contributed by atoms with Crippen molar-refractivity contribution in [1.82, 2.24) is 0 Å². The van der Waals surface area contributed by atoms with E-state index in [-0.39, 0.29) is 0 Å². The average molecular weight is 136 g/mol. The van der Waals surface area contributed by atoms with Gasteiger partial charge in [0.15, 0.2) is 0 Å². The molecule has 0 heterocycles. The predicted molar refractivity (Wildman–Crippen MR) is 45.9 cm³/mol. The highest BCUT2D eigenvalue weighted by Gasteiger charge is 2.11. The molecule has 0 spiro atoms. The monoisotopic (exact) mass is 136 g/mol. The Morgan fingerprint density at radius 1 is 1.40 bits per heavy atom. The maximum atomic E-state index is 2.36. The molecule has 0 radical (unpaired) electrons. The van der Waals surface area contributed by atoms with Crippen LogP contribution in [-0.4, -0.2) is 0 Å². The van der Waals surface area contributed by atoms with Crippen molar-refractivity contribution in [2.24, 2.45) is 5.41 Å². The lowest BCUT2D eigenvalue weighted by Crippen LogP contribution is -2.01. The molecule has 0 atom stereocenters. The molecule has 0 bridgehead atoms. The van der Waals surface area contributed by atoms with Crippen molar-refractivity contribution in [3.8, 4) is 0 Å². The zero-order valence-electron chi connectivity index (χ0n) is 7.15. The van der Waals surface area contributed by atoms with E-state index in [1.807, 2.05) is 0 Å². The SMILES string of the molecule is CC1=CC(C)(C)C=CCC1. The van der Waals surface area contributed by atoms with E-state index in [0.717, 1.165) is 0 Å². The van der Waals surface area contributed by atoms with E-state index in [4.69, 9.17) is 0 Å². The van der Waals surface area contributed by atoms with Gasteiger partial charge in [-0.2, -0.15) is 0 Å². The van der Waals surface area contributed by atoms with Crippen molar-refractivity contribution >= 4 is 0 Å². The van der Waals surface area contributed by atoms with Crippen LogP contribution >= 0.6 is 0 Å². The summed E-state index contributed by atoms with van der Waals surface area (Å²) in [6.45, 7) is 6.71. The van der Waals surface area contributed by atoms with Gasteiger partial charge < -0.3 is 0 Å². The molecule has 0 nitrogen and oxygen atoms in total. The van der Waals surface area contributed by atoms with Crippen LogP contribution in [0, 0.1) is 5.41 Å². The lowest BCUT2D eigenvalue weighted by molar-refractivity contribution is 0.622. The van der Waals surface area contributed by atoms with Gasteiger partial charge in [0.05, 0.1) is 0 Å². The molecule has 10 heavy (non-hydrogen) atoms. The van der Waals surface area contributed by atoms with Gasteiger partial charge in [0, 0.05) is 5.41 Å². The first-order valence-corrected chi connectivity index (χ1v) is 3.96. The van der Waals surface area contributed by atoms with Crippen LogP contribution < -0.4 is 0 Å². The van der Waals surface area contributed by atoms with Crippen molar-refractivity contribution in [1.29, 1.82) is 0 Å². The second kappa shape index (κ2) is 2.61.